The van der Waals surface area contributed by atoms with Gasteiger partial charge in [-0.1, -0.05) is 0 Å². The van der Waals surface area contributed by atoms with E-state index in [1.54, 1.807) is 33.2 Å². The van der Waals surface area contributed by atoms with E-state index in [0.29, 0.717) is 10.8 Å². The molecule has 0 radical (unpaired) electrons. The van der Waals surface area contributed by atoms with Crippen LogP contribution >= 0.6 is 11.3 Å². The van der Waals surface area contributed by atoms with Crippen LogP contribution in [0.15, 0.2) is 5.38 Å². The Labute approximate surface area is 98.3 Å². The minimum absolute atomic E-state index is 0.301. The number of thiazole rings is 1. The highest BCUT2D eigenvalue weighted by molar-refractivity contribution is 7.14. The summed E-state index contributed by atoms with van der Waals surface area (Å²) in [4.78, 5) is 16.9. The van der Waals surface area contributed by atoms with Gasteiger partial charge in [0.25, 0.3) is 0 Å². The minimum Gasteiger partial charge on any atom is -0.443 e. The second kappa shape index (κ2) is 4.49. The quantitative estimate of drug-likeness (QED) is 0.754. The number of hydrogen-bond acceptors (Lipinski definition) is 5. The van der Waals surface area contributed by atoms with Gasteiger partial charge in [0.2, 0.25) is 0 Å². The minimum atomic E-state index is -0.541. The molecule has 6 heteroatoms. The molecule has 0 aromatic carbocycles. The molecule has 0 spiro atoms. The van der Waals surface area contributed by atoms with Crippen LogP contribution in [0.2, 0.25) is 0 Å². The Morgan fingerprint density at radius 2 is 2.25 bits per heavy atom. The van der Waals surface area contributed by atoms with Crippen molar-refractivity contribution in [1.29, 1.82) is 5.26 Å². The standard InChI is InChI=1S/C10H13N3O2S/c1-10(2,3)15-9(14)13(4)8-12-7(5-11)6-16-8/h6H,1-4H3. The second-order valence-corrected chi connectivity index (χ2v) is 5.00. The molecule has 1 heterocycles. The predicted molar refractivity (Wildman–Crippen MR) is 61.5 cm³/mol. The van der Waals surface area contributed by atoms with Gasteiger partial charge in [0, 0.05) is 12.4 Å². The van der Waals surface area contributed by atoms with Gasteiger partial charge in [0.05, 0.1) is 0 Å². The lowest BCUT2D eigenvalue weighted by Crippen LogP contribution is -2.34. The SMILES string of the molecule is CN(C(=O)OC(C)(C)C)c1nc(C#N)cs1. The molecule has 5 nitrogen and oxygen atoms in total. The van der Waals surface area contributed by atoms with Gasteiger partial charge >= 0.3 is 6.09 Å². The van der Waals surface area contributed by atoms with E-state index < -0.39 is 11.7 Å². The lowest BCUT2D eigenvalue weighted by atomic mass is 10.2. The second-order valence-electron chi connectivity index (χ2n) is 4.17. The molecule has 1 aromatic heterocycles. The zero-order valence-corrected chi connectivity index (χ0v) is 10.5. The van der Waals surface area contributed by atoms with E-state index in [9.17, 15) is 4.79 Å². The first-order valence-electron chi connectivity index (χ1n) is 4.66. The molecule has 0 fully saturated rings. The fourth-order valence-electron chi connectivity index (χ4n) is 0.878. The number of carbonyl (C=O) groups is 1. The van der Waals surface area contributed by atoms with Crippen molar-refractivity contribution in [2.24, 2.45) is 0 Å². The molecule has 1 aromatic rings. The van der Waals surface area contributed by atoms with Crippen molar-refractivity contribution in [2.45, 2.75) is 26.4 Å². The van der Waals surface area contributed by atoms with E-state index in [-0.39, 0.29) is 0 Å². The monoisotopic (exact) mass is 239 g/mol. The Bertz CT molecular complexity index is 428. The normalized spacial score (nSPS) is 10.7. The number of hydrogen-bond donors (Lipinski definition) is 0. The highest BCUT2D eigenvalue weighted by atomic mass is 32.1. The maximum Gasteiger partial charge on any atom is 0.416 e. The molecule has 1 amide bonds. The summed E-state index contributed by atoms with van der Waals surface area (Å²) in [5.74, 6) is 0. The Morgan fingerprint density at radius 3 is 2.69 bits per heavy atom. The molecule has 0 aliphatic carbocycles. The average molecular weight is 239 g/mol. The molecule has 0 saturated heterocycles. The summed E-state index contributed by atoms with van der Waals surface area (Å²) in [6.45, 7) is 5.38. The number of carbonyl (C=O) groups excluding carboxylic acids is 1. The maximum absolute atomic E-state index is 11.6. The van der Waals surface area contributed by atoms with E-state index >= 15 is 0 Å². The van der Waals surface area contributed by atoms with E-state index in [1.807, 2.05) is 6.07 Å². The van der Waals surface area contributed by atoms with Crippen molar-refractivity contribution in [3.63, 3.8) is 0 Å². The number of anilines is 1. The molecule has 16 heavy (non-hydrogen) atoms. The number of nitriles is 1. The topological polar surface area (TPSA) is 66.2 Å². The molecule has 1 rings (SSSR count). The Morgan fingerprint density at radius 1 is 1.62 bits per heavy atom. The molecule has 0 atom stereocenters. The van der Waals surface area contributed by atoms with Gasteiger partial charge in [0.1, 0.15) is 11.7 Å². The summed E-state index contributed by atoms with van der Waals surface area (Å²) in [7, 11) is 1.56. The summed E-state index contributed by atoms with van der Waals surface area (Å²) in [6, 6.07) is 1.91. The van der Waals surface area contributed by atoms with E-state index in [2.05, 4.69) is 4.98 Å². The van der Waals surface area contributed by atoms with Crippen molar-refractivity contribution in [3.8, 4) is 6.07 Å². The number of rotatable bonds is 1. The average Bonchev–Trinajstić information content (AvgIpc) is 2.61. The largest absolute Gasteiger partial charge is 0.443 e. The van der Waals surface area contributed by atoms with Crippen LogP contribution in [0.1, 0.15) is 26.5 Å². The summed E-state index contributed by atoms with van der Waals surface area (Å²) in [6.07, 6.45) is -0.480. The summed E-state index contributed by atoms with van der Waals surface area (Å²) < 4.78 is 5.17. The molecule has 0 bridgehead atoms. The third-order valence-corrected chi connectivity index (χ3v) is 2.48. The first-order chi connectivity index (χ1) is 7.33. The first-order valence-corrected chi connectivity index (χ1v) is 5.54. The van der Waals surface area contributed by atoms with Gasteiger partial charge in [0.15, 0.2) is 10.8 Å². The van der Waals surface area contributed by atoms with Crippen LogP contribution in [0.4, 0.5) is 9.93 Å². The molecule has 0 saturated carbocycles. The molecule has 86 valence electrons. The van der Waals surface area contributed by atoms with Crippen molar-refractivity contribution in [1.82, 2.24) is 4.98 Å². The van der Waals surface area contributed by atoms with E-state index in [1.165, 1.54) is 16.2 Å². The summed E-state index contributed by atoms with van der Waals surface area (Å²) in [5, 5.41) is 10.7. The molecule has 0 aliphatic heterocycles. The highest BCUT2D eigenvalue weighted by Gasteiger charge is 2.22. The first kappa shape index (κ1) is 12.5. The lowest BCUT2D eigenvalue weighted by Gasteiger charge is -2.23. The number of aromatic nitrogens is 1. The van der Waals surface area contributed by atoms with Gasteiger partial charge in [-0.25, -0.2) is 9.78 Å². The Kier molecular flexibility index (Phi) is 3.50. The third kappa shape index (κ3) is 3.21. The van der Waals surface area contributed by atoms with Gasteiger partial charge in [-0.2, -0.15) is 5.26 Å². The van der Waals surface area contributed by atoms with Gasteiger partial charge in [-0.15, -0.1) is 11.3 Å². The lowest BCUT2D eigenvalue weighted by molar-refractivity contribution is 0.0589. The van der Waals surface area contributed by atoms with Gasteiger partial charge in [-0.3, -0.25) is 4.90 Å². The number of amides is 1. The Hall–Kier alpha value is -1.61. The fourth-order valence-corrected chi connectivity index (χ4v) is 1.58. The molecule has 0 unspecified atom stereocenters. The van der Waals surface area contributed by atoms with Crippen LogP contribution in [0.25, 0.3) is 0 Å². The molecule has 0 N–H and O–H groups in total. The molecular weight excluding hydrogens is 226 g/mol. The van der Waals surface area contributed by atoms with Crippen LogP contribution in [0.5, 0.6) is 0 Å². The maximum atomic E-state index is 11.6. The summed E-state index contributed by atoms with van der Waals surface area (Å²) >= 11 is 1.23. The van der Waals surface area contributed by atoms with Crippen LogP contribution in [-0.2, 0) is 4.74 Å². The molecular formula is C10H13N3O2S. The van der Waals surface area contributed by atoms with E-state index in [0.717, 1.165) is 0 Å². The van der Waals surface area contributed by atoms with Crippen LogP contribution in [0.3, 0.4) is 0 Å². The van der Waals surface area contributed by atoms with Gasteiger partial charge < -0.3 is 4.74 Å². The zero-order chi connectivity index (χ0) is 12.3. The highest BCUT2D eigenvalue weighted by Crippen LogP contribution is 2.20. The fraction of sp³-hybridized carbons (Fsp3) is 0.500. The Balaban J connectivity index is 2.75. The van der Waals surface area contributed by atoms with Crippen LogP contribution < -0.4 is 4.90 Å². The third-order valence-electron chi connectivity index (χ3n) is 1.56. The van der Waals surface area contributed by atoms with E-state index in [4.69, 9.17) is 10.00 Å². The smallest absolute Gasteiger partial charge is 0.416 e. The summed E-state index contributed by atoms with van der Waals surface area (Å²) in [5.41, 5.74) is -0.240. The zero-order valence-electron chi connectivity index (χ0n) is 9.64. The predicted octanol–water partition coefficient (Wildman–Crippen LogP) is 2.39. The van der Waals surface area contributed by atoms with Crippen molar-refractivity contribution in [2.75, 3.05) is 11.9 Å². The van der Waals surface area contributed by atoms with Crippen molar-refractivity contribution in [3.05, 3.63) is 11.1 Å². The number of nitrogens with zero attached hydrogens (tertiary/aromatic N) is 3. The van der Waals surface area contributed by atoms with Crippen LogP contribution in [-0.4, -0.2) is 23.7 Å². The number of ether oxygens (including phenoxy) is 1. The van der Waals surface area contributed by atoms with Crippen LogP contribution in [0, 0.1) is 11.3 Å². The van der Waals surface area contributed by atoms with Crippen molar-refractivity contribution >= 4 is 22.6 Å². The van der Waals surface area contributed by atoms with Crippen molar-refractivity contribution < 1.29 is 9.53 Å². The van der Waals surface area contributed by atoms with Gasteiger partial charge in [-0.05, 0) is 20.8 Å². The molecule has 0 aliphatic rings.